The lowest BCUT2D eigenvalue weighted by Gasteiger charge is -2.08. The lowest BCUT2D eigenvalue weighted by Crippen LogP contribution is -2.04. The molecule has 0 saturated carbocycles. The molecule has 0 saturated heterocycles. The highest BCUT2D eigenvalue weighted by atomic mass is 16.5. The monoisotopic (exact) mass is 220 g/mol. The summed E-state index contributed by atoms with van der Waals surface area (Å²) < 4.78 is 10.4. The zero-order valence-corrected chi connectivity index (χ0v) is 8.88. The van der Waals surface area contributed by atoms with E-state index in [9.17, 15) is 5.11 Å². The molecule has 0 atom stereocenters. The van der Waals surface area contributed by atoms with Gasteiger partial charge in [-0.05, 0) is 12.1 Å². The van der Waals surface area contributed by atoms with Crippen molar-refractivity contribution < 1.29 is 14.6 Å². The largest absolute Gasteiger partial charge is 0.493 e. The molecule has 1 N–H and O–H groups in total. The second-order valence-electron chi connectivity index (χ2n) is 3.19. The molecule has 5 heteroatoms. The molecule has 0 bridgehead atoms. The maximum atomic E-state index is 9.65. The highest BCUT2D eigenvalue weighted by Crippen LogP contribution is 2.29. The first-order chi connectivity index (χ1) is 7.83. The van der Waals surface area contributed by atoms with Gasteiger partial charge in [0.05, 0.1) is 12.1 Å². The van der Waals surface area contributed by atoms with Gasteiger partial charge in [-0.2, -0.15) is 0 Å². The van der Waals surface area contributed by atoms with E-state index < -0.39 is 0 Å². The summed E-state index contributed by atoms with van der Waals surface area (Å²) in [5.41, 5.74) is 0.655. The summed E-state index contributed by atoms with van der Waals surface area (Å²) in [6.45, 7) is 0.911. The predicted molar refractivity (Wildman–Crippen MR) is 58.6 cm³/mol. The van der Waals surface area contributed by atoms with Crippen LogP contribution in [0.15, 0.2) is 24.5 Å². The van der Waals surface area contributed by atoms with Crippen LogP contribution in [0.4, 0.5) is 0 Å². The standard InChI is InChI=1S/C11H12N2O3/c1-15-5-6-16-9-4-2-3-8-10(9)11(14)13-7-12-8/h2-4,7H,5-6H2,1H3,(H,12,13,14). The van der Waals surface area contributed by atoms with Crippen LogP contribution in [0.1, 0.15) is 0 Å². The molecule has 0 aliphatic rings. The average molecular weight is 220 g/mol. The molecule has 2 aromatic rings. The quantitative estimate of drug-likeness (QED) is 0.788. The highest BCUT2D eigenvalue weighted by molar-refractivity contribution is 5.89. The Balaban J connectivity index is 2.37. The second kappa shape index (κ2) is 4.76. The van der Waals surface area contributed by atoms with Crippen molar-refractivity contribution in [2.45, 2.75) is 0 Å². The van der Waals surface area contributed by atoms with Gasteiger partial charge >= 0.3 is 0 Å². The van der Waals surface area contributed by atoms with Crippen LogP contribution in [0.5, 0.6) is 11.6 Å². The Morgan fingerprint density at radius 2 is 2.12 bits per heavy atom. The Bertz CT molecular complexity index is 482. The Hall–Kier alpha value is -1.88. The van der Waals surface area contributed by atoms with Crippen LogP contribution >= 0.6 is 0 Å². The van der Waals surface area contributed by atoms with E-state index in [1.165, 1.54) is 6.33 Å². The lowest BCUT2D eigenvalue weighted by molar-refractivity contribution is 0.147. The summed E-state index contributed by atoms with van der Waals surface area (Å²) in [6.07, 6.45) is 1.32. The first-order valence-corrected chi connectivity index (χ1v) is 4.87. The van der Waals surface area contributed by atoms with Crippen LogP contribution in [-0.2, 0) is 4.74 Å². The zero-order chi connectivity index (χ0) is 11.4. The minimum absolute atomic E-state index is 0.0713. The van der Waals surface area contributed by atoms with Gasteiger partial charge in [0, 0.05) is 7.11 Å². The maximum Gasteiger partial charge on any atom is 0.225 e. The summed E-state index contributed by atoms with van der Waals surface area (Å²) in [5.74, 6) is 0.491. The summed E-state index contributed by atoms with van der Waals surface area (Å²) in [5, 5.41) is 10.2. The summed E-state index contributed by atoms with van der Waals surface area (Å²) in [7, 11) is 1.60. The number of fused-ring (bicyclic) bond motifs is 1. The van der Waals surface area contributed by atoms with Crippen molar-refractivity contribution in [2.24, 2.45) is 0 Å². The third-order valence-electron chi connectivity index (χ3n) is 2.15. The highest BCUT2D eigenvalue weighted by Gasteiger charge is 2.08. The number of hydrogen-bond donors (Lipinski definition) is 1. The molecule has 5 nitrogen and oxygen atoms in total. The molecule has 0 fully saturated rings. The van der Waals surface area contributed by atoms with Crippen molar-refractivity contribution >= 4 is 10.9 Å². The molecule has 84 valence electrons. The average Bonchev–Trinajstić information content (AvgIpc) is 2.30. The van der Waals surface area contributed by atoms with Gasteiger partial charge in [-0.3, -0.25) is 0 Å². The fraction of sp³-hybridized carbons (Fsp3) is 0.273. The molecule has 0 amide bonds. The minimum Gasteiger partial charge on any atom is -0.493 e. The SMILES string of the molecule is COCCOc1cccc2ncnc(O)c12. The van der Waals surface area contributed by atoms with E-state index in [2.05, 4.69) is 9.97 Å². The Morgan fingerprint density at radius 1 is 1.25 bits per heavy atom. The van der Waals surface area contributed by atoms with Gasteiger partial charge in [0.15, 0.2) is 0 Å². The molecule has 0 aliphatic heterocycles. The number of nitrogens with zero attached hydrogens (tertiary/aromatic N) is 2. The van der Waals surface area contributed by atoms with Crippen LogP contribution in [0.25, 0.3) is 10.9 Å². The third-order valence-corrected chi connectivity index (χ3v) is 2.15. The maximum absolute atomic E-state index is 9.65. The molecule has 0 spiro atoms. The van der Waals surface area contributed by atoms with Gasteiger partial charge in [0.2, 0.25) is 5.88 Å². The molecular weight excluding hydrogens is 208 g/mol. The minimum atomic E-state index is -0.0713. The first kappa shape index (κ1) is 10.6. The Kier molecular flexibility index (Phi) is 3.16. The van der Waals surface area contributed by atoms with Crippen LogP contribution in [-0.4, -0.2) is 35.4 Å². The van der Waals surface area contributed by atoms with Crippen molar-refractivity contribution in [1.29, 1.82) is 0 Å². The number of benzene rings is 1. The predicted octanol–water partition coefficient (Wildman–Crippen LogP) is 1.36. The number of rotatable bonds is 4. The van der Waals surface area contributed by atoms with E-state index in [4.69, 9.17) is 9.47 Å². The molecule has 1 aromatic heterocycles. The van der Waals surface area contributed by atoms with Crippen LogP contribution in [0.3, 0.4) is 0 Å². The van der Waals surface area contributed by atoms with Gasteiger partial charge in [-0.25, -0.2) is 9.97 Å². The first-order valence-electron chi connectivity index (χ1n) is 4.87. The Labute approximate surface area is 92.7 Å². The van der Waals surface area contributed by atoms with Gasteiger partial charge in [-0.1, -0.05) is 6.07 Å². The molecule has 1 aromatic carbocycles. The van der Waals surface area contributed by atoms with Crippen LogP contribution in [0.2, 0.25) is 0 Å². The van der Waals surface area contributed by atoms with E-state index in [-0.39, 0.29) is 5.88 Å². The fourth-order valence-electron chi connectivity index (χ4n) is 1.42. The molecule has 1 heterocycles. The topological polar surface area (TPSA) is 64.5 Å². The van der Waals surface area contributed by atoms with Crippen molar-refractivity contribution in [3.63, 3.8) is 0 Å². The van der Waals surface area contributed by atoms with E-state index in [1.807, 2.05) is 6.07 Å². The summed E-state index contributed by atoms with van der Waals surface area (Å²) in [6, 6.07) is 5.37. The molecule has 0 radical (unpaired) electrons. The van der Waals surface area contributed by atoms with Crippen LogP contribution < -0.4 is 4.74 Å². The van der Waals surface area contributed by atoms with E-state index in [1.54, 1.807) is 19.2 Å². The molecule has 2 rings (SSSR count). The zero-order valence-electron chi connectivity index (χ0n) is 8.88. The number of ether oxygens (including phenoxy) is 2. The van der Waals surface area contributed by atoms with E-state index in [0.29, 0.717) is 29.9 Å². The van der Waals surface area contributed by atoms with Gasteiger partial charge < -0.3 is 14.6 Å². The normalized spacial score (nSPS) is 10.6. The van der Waals surface area contributed by atoms with E-state index >= 15 is 0 Å². The molecular formula is C11H12N2O3. The van der Waals surface area contributed by atoms with Crippen molar-refractivity contribution in [1.82, 2.24) is 9.97 Å². The van der Waals surface area contributed by atoms with E-state index in [0.717, 1.165) is 0 Å². The fourth-order valence-corrected chi connectivity index (χ4v) is 1.42. The molecule has 16 heavy (non-hydrogen) atoms. The van der Waals surface area contributed by atoms with Gasteiger partial charge in [0.1, 0.15) is 24.1 Å². The third kappa shape index (κ3) is 2.04. The Morgan fingerprint density at radius 3 is 2.94 bits per heavy atom. The van der Waals surface area contributed by atoms with Gasteiger partial charge in [0.25, 0.3) is 0 Å². The number of hydrogen-bond acceptors (Lipinski definition) is 5. The van der Waals surface area contributed by atoms with Crippen molar-refractivity contribution in [2.75, 3.05) is 20.3 Å². The molecule has 0 aliphatic carbocycles. The van der Waals surface area contributed by atoms with Gasteiger partial charge in [-0.15, -0.1) is 0 Å². The second-order valence-corrected chi connectivity index (χ2v) is 3.19. The van der Waals surface area contributed by atoms with Crippen molar-refractivity contribution in [3.05, 3.63) is 24.5 Å². The number of aromatic hydroxyl groups is 1. The number of methoxy groups -OCH3 is 1. The summed E-state index contributed by atoms with van der Waals surface area (Å²) in [4.78, 5) is 7.78. The smallest absolute Gasteiger partial charge is 0.225 e. The lowest BCUT2D eigenvalue weighted by atomic mass is 10.2. The molecule has 0 unspecified atom stereocenters. The summed E-state index contributed by atoms with van der Waals surface area (Å²) >= 11 is 0. The van der Waals surface area contributed by atoms with Crippen LogP contribution in [0, 0.1) is 0 Å². The van der Waals surface area contributed by atoms with Crippen molar-refractivity contribution in [3.8, 4) is 11.6 Å². The number of aromatic nitrogens is 2.